The maximum atomic E-state index is 12.2. The number of carbonyl (C=O) groups is 2. The molecule has 1 saturated heterocycles. The fraction of sp³-hybridized carbons (Fsp3) is 0.250. The quantitative estimate of drug-likeness (QED) is 0.852. The van der Waals surface area contributed by atoms with Crippen LogP contribution in [-0.4, -0.2) is 47.1 Å². The van der Waals surface area contributed by atoms with E-state index in [1.807, 2.05) is 0 Å². The minimum absolute atomic E-state index is 0.241. The van der Waals surface area contributed by atoms with Gasteiger partial charge < -0.3 is 15.4 Å². The summed E-state index contributed by atoms with van der Waals surface area (Å²) in [5, 5.41) is 5.74. The molecule has 0 radical (unpaired) electrons. The van der Waals surface area contributed by atoms with Crippen molar-refractivity contribution in [1.29, 1.82) is 0 Å². The van der Waals surface area contributed by atoms with E-state index in [2.05, 4.69) is 20.6 Å². The highest BCUT2D eigenvalue weighted by Crippen LogP contribution is 2.09. The summed E-state index contributed by atoms with van der Waals surface area (Å²) >= 11 is 0. The fourth-order valence-electron chi connectivity index (χ4n) is 2.34. The van der Waals surface area contributed by atoms with Crippen LogP contribution in [0.25, 0.3) is 0 Å². The number of hydrogen-bond donors (Lipinski definition) is 2. The predicted octanol–water partition coefficient (Wildman–Crippen LogP) is 0.404. The van der Waals surface area contributed by atoms with Crippen LogP contribution in [0.3, 0.4) is 0 Å². The zero-order valence-corrected chi connectivity index (χ0v) is 12.3. The van der Waals surface area contributed by atoms with Gasteiger partial charge in [-0.15, -0.1) is 0 Å². The van der Waals surface area contributed by atoms with E-state index < -0.39 is 0 Å². The zero-order chi connectivity index (χ0) is 16.1. The molecule has 7 nitrogen and oxygen atoms in total. The van der Waals surface area contributed by atoms with Crippen molar-refractivity contribution in [2.24, 2.45) is 0 Å². The fourth-order valence-corrected chi connectivity index (χ4v) is 2.34. The second-order valence-corrected chi connectivity index (χ2v) is 5.18. The van der Waals surface area contributed by atoms with Crippen molar-refractivity contribution in [3.05, 3.63) is 60.2 Å². The van der Waals surface area contributed by atoms with Crippen LogP contribution in [0.1, 0.15) is 20.7 Å². The molecule has 118 valence electrons. The Morgan fingerprint density at radius 1 is 0.913 bits per heavy atom. The molecule has 2 N–H and O–H groups in total. The third kappa shape index (κ3) is 3.70. The lowest BCUT2D eigenvalue weighted by molar-refractivity contribution is 0.0896. The van der Waals surface area contributed by atoms with Crippen LogP contribution in [-0.2, 0) is 4.74 Å². The molecule has 2 atom stereocenters. The summed E-state index contributed by atoms with van der Waals surface area (Å²) in [4.78, 5) is 32.2. The van der Waals surface area contributed by atoms with Crippen LogP contribution in [0.15, 0.2) is 49.1 Å². The highest BCUT2D eigenvalue weighted by Gasteiger charge is 2.31. The van der Waals surface area contributed by atoms with Gasteiger partial charge >= 0.3 is 0 Å². The summed E-state index contributed by atoms with van der Waals surface area (Å²) in [7, 11) is 0. The van der Waals surface area contributed by atoms with Crippen LogP contribution < -0.4 is 10.6 Å². The summed E-state index contributed by atoms with van der Waals surface area (Å²) in [5.74, 6) is -0.483. The van der Waals surface area contributed by atoms with Crippen molar-refractivity contribution < 1.29 is 14.3 Å². The summed E-state index contributed by atoms with van der Waals surface area (Å²) in [6.07, 6.45) is 6.20. The molecule has 0 saturated carbocycles. The minimum Gasteiger partial charge on any atom is -0.377 e. The van der Waals surface area contributed by atoms with E-state index in [1.54, 1.807) is 36.7 Å². The molecule has 3 heterocycles. The molecule has 2 aromatic rings. The van der Waals surface area contributed by atoms with Gasteiger partial charge in [-0.05, 0) is 24.3 Å². The van der Waals surface area contributed by atoms with Gasteiger partial charge in [0.15, 0.2) is 0 Å². The molecule has 3 rings (SSSR count). The van der Waals surface area contributed by atoms with Gasteiger partial charge in [0.1, 0.15) is 0 Å². The Kier molecular flexibility index (Phi) is 4.58. The summed E-state index contributed by atoms with van der Waals surface area (Å²) in [6, 6.07) is 6.18. The molecule has 0 spiro atoms. The van der Waals surface area contributed by atoms with Crippen LogP contribution in [0, 0.1) is 0 Å². The number of amides is 2. The third-order valence-electron chi connectivity index (χ3n) is 3.56. The monoisotopic (exact) mass is 312 g/mol. The van der Waals surface area contributed by atoms with Crippen molar-refractivity contribution in [3.63, 3.8) is 0 Å². The second kappa shape index (κ2) is 6.97. The van der Waals surface area contributed by atoms with Crippen LogP contribution >= 0.6 is 0 Å². The maximum absolute atomic E-state index is 12.2. The van der Waals surface area contributed by atoms with Gasteiger partial charge in [-0.25, -0.2) is 0 Å². The van der Waals surface area contributed by atoms with Gasteiger partial charge in [0.05, 0.1) is 36.4 Å². The average molecular weight is 312 g/mol. The van der Waals surface area contributed by atoms with E-state index in [9.17, 15) is 9.59 Å². The largest absolute Gasteiger partial charge is 0.377 e. The van der Waals surface area contributed by atoms with E-state index >= 15 is 0 Å². The number of ether oxygens (including phenoxy) is 1. The Hall–Kier alpha value is -2.80. The van der Waals surface area contributed by atoms with Crippen LogP contribution in [0.4, 0.5) is 0 Å². The third-order valence-corrected chi connectivity index (χ3v) is 3.56. The van der Waals surface area contributed by atoms with E-state index in [-0.39, 0.29) is 23.9 Å². The summed E-state index contributed by atoms with van der Waals surface area (Å²) < 4.78 is 5.38. The van der Waals surface area contributed by atoms with Gasteiger partial charge in [-0.3, -0.25) is 19.6 Å². The number of hydrogen-bond acceptors (Lipinski definition) is 5. The minimum atomic E-state index is -0.289. The summed E-state index contributed by atoms with van der Waals surface area (Å²) in [5.41, 5.74) is 0.938. The van der Waals surface area contributed by atoms with Crippen molar-refractivity contribution in [1.82, 2.24) is 20.6 Å². The smallest absolute Gasteiger partial charge is 0.253 e. The molecule has 2 amide bonds. The standard InChI is InChI=1S/C16H16N4O3/c21-15(11-3-1-5-17-7-11)19-13-9-23-10-14(13)20-16(22)12-4-2-6-18-8-12/h1-8,13-14H,9-10H2,(H,19,21)(H,20,22)/t13-,14+. The molecule has 0 aliphatic carbocycles. The molecule has 23 heavy (non-hydrogen) atoms. The van der Waals surface area contributed by atoms with Crippen LogP contribution in [0.5, 0.6) is 0 Å². The summed E-state index contributed by atoms with van der Waals surface area (Å²) in [6.45, 7) is 0.702. The number of nitrogens with zero attached hydrogens (tertiary/aromatic N) is 2. The highest BCUT2D eigenvalue weighted by atomic mass is 16.5. The Morgan fingerprint density at radius 2 is 1.39 bits per heavy atom. The van der Waals surface area contributed by atoms with E-state index in [1.165, 1.54) is 12.4 Å². The topological polar surface area (TPSA) is 93.2 Å². The predicted molar refractivity (Wildman–Crippen MR) is 81.8 cm³/mol. The Bertz CT molecular complexity index is 619. The molecule has 0 bridgehead atoms. The molecule has 0 unspecified atom stereocenters. The number of aromatic nitrogens is 2. The maximum Gasteiger partial charge on any atom is 0.253 e. The lowest BCUT2D eigenvalue weighted by Crippen LogP contribution is -2.51. The highest BCUT2D eigenvalue weighted by molar-refractivity contribution is 5.95. The lowest BCUT2D eigenvalue weighted by atomic mass is 10.1. The van der Waals surface area contributed by atoms with Gasteiger partial charge in [0.25, 0.3) is 11.8 Å². The average Bonchev–Trinajstić information content (AvgIpc) is 3.03. The van der Waals surface area contributed by atoms with Crippen molar-refractivity contribution >= 4 is 11.8 Å². The van der Waals surface area contributed by atoms with Gasteiger partial charge in [0, 0.05) is 24.8 Å². The number of nitrogens with one attached hydrogen (secondary N) is 2. The number of rotatable bonds is 4. The zero-order valence-electron chi connectivity index (χ0n) is 12.3. The SMILES string of the molecule is O=C(N[C@H]1COC[C@H]1NC(=O)c1cccnc1)c1cccnc1. The second-order valence-electron chi connectivity index (χ2n) is 5.18. The van der Waals surface area contributed by atoms with Gasteiger partial charge in [0.2, 0.25) is 0 Å². The molecule has 1 fully saturated rings. The molecular weight excluding hydrogens is 296 g/mol. The normalized spacial score (nSPS) is 20.0. The van der Waals surface area contributed by atoms with E-state index in [0.29, 0.717) is 24.3 Å². The van der Waals surface area contributed by atoms with Crippen LogP contribution in [0.2, 0.25) is 0 Å². The van der Waals surface area contributed by atoms with Crippen molar-refractivity contribution in [2.75, 3.05) is 13.2 Å². The Morgan fingerprint density at radius 3 is 1.78 bits per heavy atom. The molecule has 2 aromatic heterocycles. The molecule has 1 aliphatic heterocycles. The first kappa shape index (κ1) is 15.1. The first-order valence-corrected chi connectivity index (χ1v) is 7.23. The van der Waals surface area contributed by atoms with E-state index in [4.69, 9.17) is 4.74 Å². The molecule has 0 aromatic carbocycles. The first-order chi connectivity index (χ1) is 11.2. The van der Waals surface area contributed by atoms with Gasteiger partial charge in [-0.1, -0.05) is 0 Å². The molecule has 1 aliphatic rings. The first-order valence-electron chi connectivity index (χ1n) is 7.23. The van der Waals surface area contributed by atoms with E-state index in [0.717, 1.165) is 0 Å². The van der Waals surface area contributed by atoms with Crippen molar-refractivity contribution in [2.45, 2.75) is 12.1 Å². The van der Waals surface area contributed by atoms with Crippen molar-refractivity contribution in [3.8, 4) is 0 Å². The number of pyridine rings is 2. The molecule has 7 heteroatoms. The Labute approximate surface area is 133 Å². The lowest BCUT2D eigenvalue weighted by Gasteiger charge is -2.20. The number of carbonyl (C=O) groups excluding carboxylic acids is 2. The Balaban J connectivity index is 1.62. The molecular formula is C16H16N4O3. The van der Waals surface area contributed by atoms with Gasteiger partial charge in [-0.2, -0.15) is 0 Å².